The van der Waals surface area contributed by atoms with Crippen molar-refractivity contribution in [2.45, 2.75) is 0 Å². The van der Waals surface area contributed by atoms with Crippen LogP contribution in [0.4, 0.5) is 27.1 Å². The summed E-state index contributed by atoms with van der Waals surface area (Å²) >= 11 is 11.8. The van der Waals surface area contributed by atoms with Gasteiger partial charge in [-0.2, -0.15) is 0 Å². The summed E-state index contributed by atoms with van der Waals surface area (Å²) in [7, 11) is 0. The first-order chi connectivity index (χ1) is 8.47. The van der Waals surface area contributed by atoms with Crippen molar-refractivity contribution in [2.24, 2.45) is 0 Å². The number of nitrogens with two attached hydrogens (primary N) is 2. The fourth-order valence-corrected chi connectivity index (χ4v) is 2.01. The van der Waals surface area contributed by atoms with E-state index in [4.69, 9.17) is 34.7 Å². The molecular weight excluding hydrogens is 276 g/mol. The maximum Gasteiger partial charge on any atom is 0.126 e. The number of rotatable bonds is 2. The Morgan fingerprint density at radius 1 is 0.944 bits per heavy atom. The van der Waals surface area contributed by atoms with Gasteiger partial charge < -0.3 is 16.8 Å². The molecule has 0 aliphatic heterocycles. The summed E-state index contributed by atoms with van der Waals surface area (Å²) in [6.07, 6.45) is 0. The van der Waals surface area contributed by atoms with E-state index in [1.165, 1.54) is 12.1 Å². The van der Waals surface area contributed by atoms with Gasteiger partial charge in [0.15, 0.2) is 0 Å². The second kappa shape index (κ2) is 4.92. The molecule has 0 heterocycles. The Morgan fingerprint density at radius 3 is 2.11 bits per heavy atom. The largest absolute Gasteiger partial charge is 0.397 e. The Labute approximate surface area is 113 Å². The van der Waals surface area contributed by atoms with Crippen LogP contribution in [0.5, 0.6) is 0 Å². The van der Waals surface area contributed by atoms with Crippen molar-refractivity contribution in [3.63, 3.8) is 0 Å². The minimum Gasteiger partial charge on any atom is -0.397 e. The number of nitrogens with one attached hydrogen (secondary N) is 1. The van der Waals surface area contributed by atoms with E-state index in [-0.39, 0.29) is 10.0 Å². The van der Waals surface area contributed by atoms with Gasteiger partial charge in [-0.1, -0.05) is 23.2 Å². The Bertz CT molecular complexity index is 579. The predicted octanol–water partition coefficient (Wildman–Crippen LogP) is 4.04. The van der Waals surface area contributed by atoms with Crippen LogP contribution in [0.1, 0.15) is 0 Å². The SMILES string of the molecule is Nc1ccc(Nc2c(Cl)cc(F)cc2Cl)cc1N. The van der Waals surface area contributed by atoms with Crippen LogP contribution in [0, 0.1) is 5.82 Å². The Kier molecular flexibility index (Phi) is 3.50. The third-order valence-corrected chi connectivity index (χ3v) is 2.96. The molecule has 0 saturated heterocycles. The molecule has 5 N–H and O–H groups in total. The lowest BCUT2D eigenvalue weighted by atomic mass is 10.2. The fraction of sp³-hybridized carbons (Fsp3) is 0. The minimum atomic E-state index is -0.493. The summed E-state index contributed by atoms with van der Waals surface area (Å²) in [5, 5.41) is 3.35. The van der Waals surface area contributed by atoms with Gasteiger partial charge in [0.1, 0.15) is 5.82 Å². The maximum absolute atomic E-state index is 13.0. The molecule has 3 nitrogen and oxygen atoms in total. The summed E-state index contributed by atoms with van der Waals surface area (Å²) < 4.78 is 13.0. The van der Waals surface area contributed by atoms with Crippen LogP contribution in [-0.2, 0) is 0 Å². The summed E-state index contributed by atoms with van der Waals surface area (Å²) in [5.74, 6) is -0.493. The Morgan fingerprint density at radius 2 is 1.56 bits per heavy atom. The average molecular weight is 286 g/mol. The van der Waals surface area contributed by atoms with Gasteiger partial charge in [-0.05, 0) is 30.3 Å². The van der Waals surface area contributed by atoms with E-state index in [1.54, 1.807) is 18.2 Å². The highest BCUT2D eigenvalue weighted by atomic mass is 35.5. The normalized spacial score (nSPS) is 10.4. The zero-order valence-corrected chi connectivity index (χ0v) is 10.7. The van der Waals surface area contributed by atoms with Gasteiger partial charge in [0, 0.05) is 5.69 Å². The molecule has 0 aliphatic rings. The molecule has 0 unspecified atom stereocenters. The number of nitrogen functional groups attached to an aromatic ring is 2. The molecule has 94 valence electrons. The van der Waals surface area contributed by atoms with Gasteiger partial charge >= 0.3 is 0 Å². The molecular formula is C12H10Cl2FN3. The number of hydrogen-bond acceptors (Lipinski definition) is 3. The van der Waals surface area contributed by atoms with E-state index >= 15 is 0 Å². The minimum absolute atomic E-state index is 0.190. The van der Waals surface area contributed by atoms with Gasteiger partial charge in [-0.15, -0.1) is 0 Å². The van der Waals surface area contributed by atoms with Gasteiger partial charge in [0.2, 0.25) is 0 Å². The van der Waals surface area contributed by atoms with E-state index in [1.807, 2.05) is 0 Å². The summed E-state index contributed by atoms with van der Waals surface area (Å²) in [4.78, 5) is 0. The highest BCUT2D eigenvalue weighted by Gasteiger charge is 2.09. The molecule has 18 heavy (non-hydrogen) atoms. The highest BCUT2D eigenvalue weighted by Crippen LogP contribution is 2.34. The molecule has 6 heteroatoms. The van der Waals surface area contributed by atoms with Crippen molar-refractivity contribution in [1.82, 2.24) is 0 Å². The van der Waals surface area contributed by atoms with E-state index in [2.05, 4.69) is 5.32 Å². The first kappa shape index (κ1) is 12.8. The molecule has 2 rings (SSSR count). The van der Waals surface area contributed by atoms with Crippen LogP contribution in [-0.4, -0.2) is 0 Å². The van der Waals surface area contributed by atoms with Crippen molar-refractivity contribution in [1.29, 1.82) is 0 Å². The molecule has 0 atom stereocenters. The number of benzene rings is 2. The smallest absolute Gasteiger partial charge is 0.126 e. The molecule has 0 fully saturated rings. The van der Waals surface area contributed by atoms with E-state index in [0.717, 1.165) is 0 Å². The number of anilines is 4. The van der Waals surface area contributed by atoms with Crippen molar-refractivity contribution in [3.05, 3.63) is 46.2 Å². The van der Waals surface area contributed by atoms with Crippen molar-refractivity contribution in [2.75, 3.05) is 16.8 Å². The molecule has 0 aromatic heterocycles. The summed E-state index contributed by atoms with van der Waals surface area (Å²) in [6.45, 7) is 0. The fourth-order valence-electron chi connectivity index (χ4n) is 1.46. The van der Waals surface area contributed by atoms with E-state index in [0.29, 0.717) is 22.7 Å². The van der Waals surface area contributed by atoms with Crippen LogP contribution in [0.3, 0.4) is 0 Å². The maximum atomic E-state index is 13.0. The van der Waals surface area contributed by atoms with Crippen LogP contribution in [0.25, 0.3) is 0 Å². The van der Waals surface area contributed by atoms with Crippen LogP contribution in [0.15, 0.2) is 30.3 Å². The highest BCUT2D eigenvalue weighted by molar-refractivity contribution is 6.39. The number of hydrogen-bond donors (Lipinski definition) is 3. The zero-order chi connectivity index (χ0) is 13.3. The van der Waals surface area contributed by atoms with Crippen molar-refractivity contribution >= 4 is 46.0 Å². The Balaban J connectivity index is 2.37. The second-order valence-corrected chi connectivity index (χ2v) is 4.53. The predicted molar refractivity (Wildman–Crippen MR) is 75.0 cm³/mol. The van der Waals surface area contributed by atoms with Gasteiger partial charge in [0.25, 0.3) is 0 Å². The lowest BCUT2D eigenvalue weighted by molar-refractivity contribution is 0.628. The first-order valence-electron chi connectivity index (χ1n) is 5.04. The first-order valence-corrected chi connectivity index (χ1v) is 5.79. The summed E-state index contributed by atoms with van der Waals surface area (Å²) in [5.41, 5.74) is 13.3. The molecule has 0 amide bonds. The standard InChI is InChI=1S/C12H10Cl2FN3/c13-8-3-6(15)4-9(14)12(8)18-7-1-2-10(16)11(17)5-7/h1-5,18H,16-17H2. The topological polar surface area (TPSA) is 64.1 Å². The van der Waals surface area contributed by atoms with Gasteiger partial charge in [0.05, 0.1) is 27.1 Å². The zero-order valence-electron chi connectivity index (χ0n) is 9.18. The van der Waals surface area contributed by atoms with Crippen LogP contribution in [0.2, 0.25) is 10.0 Å². The lowest BCUT2D eigenvalue weighted by Crippen LogP contribution is -1.98. The number of halogens is 3. The Hall–Kier alpha value is -1.65. The monoisotopic (exact) mass is 285 g/mol. The lowest BCUT2D eigenvalue weighted by Gasteiger charge is -2.11. The second-order valence-electron chi connectivity index (χ2n) is 3.71. The molecule has 0 aliphatic carbocycles. The van der Waals surface area contributed by atoms with Crippen LogP contribution < -0.4 is 16.8 Å². The van der Waals surface area contributed by atoms with Crippen molar-refractivity contribution in [3.8, 4) is 0 Å². The van der Waals surface area contributed by atoms with E-state index < -0.39 is 5.82 Å². The average Bonchev–Trinajstić information content (AvgIpc) is 2.28. The van der Waals surface area contributed by atoms with Gasteiger partial charge in [-0.3, -0.25) is 0 Å². The molecule has 0 radical (unpaired) electrons. The third kappa shape index (κ3) is 2.60. The molecule has 2 aromatic carbocycles. The molecule has 0 bridgehead atoms. The van der Waals surface area contributed by atoms with E-state index in [9.17, 15) is 4.39 Å². The van der Waals surface area contributed by atoms with Crippen LogP contribution >= 0.6 is 23.2 Å². The summed E-state index contributed by atoms with van der Waals surface area (Å²) in [6, 6.07) is 7.38. The van der Waals surface area contributed by atoms with Gasteiger partial charge in [-0.25, -0.2) is 4.39 Å². The third-order valence-electron chi connectivity index (χ3n) is 2.36. The molecule has 2 aromatic rings. The quantitative estimate of drug-likeness (QED) is 0.730. The van der Waals surface area contributed by atoms with Crippen molar-refractivity contribution < 1.29 is 4.39 Å². The molecule has 0 saturated carbocycles. The molecule has 0 spiro atoms.